The van der Waals surface area contributed by atoms with Gasteiger partial charge in [-0.25, -0.2) is 13.1 Å². The van der Waals surface area contributed by atoms with Crippen molar-refractivity contribution >= 4 is 16.0 Å². The van der Waals surface area contributed by atoms with Crippen molar-refractivity contribution in [3.63, 3.8) is 0 Å². The molecule has 0 saturated heterocycles. The number of rotatable bonds is 7. The second kappa shape index (κ2) is 7.11. The molecule has 0 spiro atoms. The average molecular weight is 336 g/mol. The van der Waals surface area contributed by atoms with Crippen LogP contribution in [0.3, 0.4) is 0 Å². The summed E-state index contributed by atoms with van der Waals surface area (Å²) in [7, 11) is -3.85. The van der Waals surface area contributed by atoms with Gasteiger partial charge in [-0.15, -0.1) is 0 Å². The molecule has 0 bridgehead atoms. The van der Waals surface area contributed by atoms with Gasteiger partial charge in [0.05, 0.1) is 17.2 Å². The van der Waals surface area contributed by atoms with Crippen LogP contribution in [0.5, 0.6) is 0 Å². The third-order valence-electron chi connectivity index (χ3n) is 4.17. The molecule has 6 nitrogen and oxygen atoms in total. The zero-order valence-electron chi connectivity index (χ0n) is 12.7. The molecule has 2 N–H and O–H groups in total. The van der Waals surface area contributed by atoms with Gasteiger partial charge in [0.2, 0.25) is 10.0 Å². The molecule has 1 saturated carbocycles. The highest BCUT2D eigenvalue weighted by molar-refractivity contribution is 7.89. The number of nitrogens with zero attached hydrogens (tertiary/aromatic N) is 1. The summed E-state index contributed by atoms with van der Waals surface area (Å²) in [4.78, 5) is 11.4. The van der Waals surface area contributed by atoms with E-state index >= 15 is 0 Å². The summed E-state index contributed by atoms with van der Waals surface area (Å²) < 4.78 is 26.9. The summed E-state index contributed by atoms with van der Waals surface area (Å²) >= 11 is 0. The molecule has 23 heavy (non-hydrogen) atoms. The van der Waals surface area contributed by atoms with E-state index in [1.165, 1.54) is 0 Å². The smallest absolute Gasteiger partial charge is 0.322 e. The number of hydrogen-bond acceptors (Lipinski definition) is 4. The van der Waals surface area contributed by atoms with Crippen LogP contribution < -0.4 is 4.72 Å². The fourth-order valence-electron chi connectivity index (χ4n) is 2.99. The molecule has 0 amide bonds. The molecule has 2 rings (SSSR count). The molecule has 0 unspecified atom stereocenters. The SMILES string of the molecule is N#CC1(CS(=O)(=O)N[C@H](Cc2ccccc2)C(=O)O)CCCC1. The third-order valence-corrected chi connectivity index (χ3v) is 5.74. The Labute approximate surface area is 136 Å². The van der Waals surface area contributed by atoms with Crippen molar-refractivity contribution in [2.24, 2.45) is 5.41 Å². The number of carbonyl (C=O) groups is 1. The van der Waals surface area contributed by atoms with Crippen LogP contribution in [0.2, 0.25) is 0 Å². The van der Waals surface area contributed by atoms with E-state index in [9.17, 15) is 23.6 Å². The quantitative estimate of drug-likeness (QED) is 0.788. The molecular formula is C16H20N2O4S. The van der Waals surface area contributed by atoms with Gasteiger partial charge < -0.3 is 5.11 Å². The molecule has 1 atom stereocenters. The highest BCUT2D eigenvalue weighted by Gasteiger charge is 2.39. The topological polar surface area (TPSA) is 107 Å². The molecule has 7 heteroatoms. The molecule has 1 aromatic carbocycles. The average Bonchev–Trinajstić information content (AvgIpc) is 2.95. The molecule has 0 aromatic heterocycles. The lowest BCUT2D eigenvalue weighted by atomic mass is 9.91. The Bertz CT molecular complexity index is 689. The number of aliphatic carboxylic acids is 1. The maximum Gasteiger partial charge on any atom is 0.322 e. The van der Waals surface area contributed by atoms with Crippen molar-refractivity contribution < 1.29 is 18.3 Å². The highest BCUT2D eigenvalue weighted by Crippen LogP contribution is 2.38. The van der Waals surface area contributed by atoms with Crippen molar-refractivity contribution in [3.05, 3.63) is 35.9 Å². The minimum atomic E-state index is -3.85. The highest BCUT2D eigenvalue weighted by atomic mass is 32.2. The van der Waals surface area contributed by atoms with Gasteiger partial charge >= 0.3 is 5.97 Å². The summed E-state index contributed by atoms with van der Waals surface area (Å²) in [6.45, 7) is 0. The fraction of sp³-hybridized carbons (Fsp3) is 0.500. The Morgan fingerprint density at radius 1 is 1.30 bits per heavy atom. The molecule has 1 aromatic rings. The minimum Gasteiger partial charge on any atom is -0.480 e. The van der Waals surface area contributed by atoms with E-state index in [0.29, 0.717) is 12.8 Å². The molecule has 0 heterocycles. The van der Waals surface area contributed by atoms with Crippen molar-refractivity contribution in [2.45, 2.75) is 38.1 Å². The van der Waals surface area contributed by atoms with Crippen LogP contribution >= 0.6 is 0 Å². The number of carboxylic acids is 1. The Morgan fingerprint density at radius 2 is 1.91 bits per heavy atom. The van der Waals surface area contributed by atoms with E-state index in [1.807, 2.05) is 0 Å². The molecule has 1 fully saturated rings. The van der Waals surface area contributed by atoms with Gasteiger partial charge in [0.15, 0.2) is 0 Å². The third kappa shape index (κ3) is 4.78. The van der Waals surface area contributed by atoms with Gasteiger partial charge in [0.1, 0.15) is 6.04 Å². The second-order valence-electron chi connectivity index (χ2n) is 6.06. The van der Waals surface area contributed by atoms with Crippen LogP contribution in [0.4, 0.5) is 0 Å². The number of sulfonamides is 1. The van der Waals surface area contributed by atoms with E-state index in [4.69, 9.17) is 0 Å². The van der Waals surface area contributed by atoms with Gasteiger partial charge in [-0.1, -0.05) is 43.2 Å². The van der Waals surface area contributed by atoms with Gasteiger partial charge in [-0.05, 0) is 24.8 Å². The van der Waals surface area contributed by atoms with Crippen LogP contribution in [-0.4, -0.2) is 31.3 Å². The van der Waals surface area contributed by atoms with Crippen LogP contribution in [0.1, 0.15) is 31.2 Å². The Morgan fingerprint density at radius 3 is 2.43 bits per heavy atom. The van der Waals surface area contributed by atoms with Crippen LogP contribution in [0.15, 0.2) is 30.3 Å². The summed E-state index contributed by atoms with van der Waals surface area (Å²) in [5.41, 5.74) is -0.153. The van der Waals surface area contributed by atoms with Crippen LogP contribution in [-0.2, 0) is 21.2 Å². The van der Waals surface area contributed by atoms with Crippen molar-refractivity contribution in [2.75, 3.05) is 5.75 Å². The summed E-state index contributed by atoms with van der Waals surface area (Å²) in [5, 5.41) is 18.6. The predicted molar refractivity (Wildman–Crippen MR) is 85.0 cm³/mol. The summed E-state index contributed by atoms with van der Waals surface area (Å²) in [6, 6.07) is 9.72. The fourth-order valence-corrected chi connectivity index (χ4v) is 4.77. The molecule has 124 valence electrons. The largest absolute Gasteiger partial charge is 0.480 e. The number of benzene rings is 1. The summed E-state index contributed by atoms with van der Waals surface area (Å²) in [5.74, 6) is -1.57. The lowest BCUT2D eigenvalue weighted by molar-refractivity contribution is -0.138. The maximum absolute atomic E-state index is 12.3. The molecule has 0 aliphatic heterocycles. The van der Waals surface area contributed by atoms with Gasteiger partial charge in [0, 0.05) is 0 Å². The van der Waals surface area contributed by atoms with Crippen LogP contribution in [0.25, 0.3) is 0 Å². The normalized spacial score (nSPS) is 18.2. The van der Waals surface area contributed by atoms with Crippen molar-refractivity contribution in [1.82, 2.24) is 4.72 Å². The standard InChI is InChI=1S/C16H20N2O4S/c17-11-16(8-4-5-9-16)12-23(21,22)18-14(15(19)20)10-13-6-2-1-3-7-13/h1-3,6-7,14,18H,4-5,8-10,12H2,(H,19,20)/t14-/m1/s1. The number of nitriles is 1. The molecule has 0 radical (unpaired) electrons. The predicted octanol–water partition coefficient (Wildman–Crippen LogP) is 1.69. The molecule has 1 aliphatic carbocycles. The van der Waals surface area contributed by atoms with E-state index in [1.54, 1.807) is 30.3 Å². The Balaban J connectivity index is 2.09. The van der Waals surface area contributed by atoms with Gasteiger partial charge in [-0.3, -0.25) is 4.79 Å². The first-order chi connectivity index (χ1) is 10.9. The van der Waals surface area contributed by atoms with E-state index in [-0.39, 0.29) is 12.2 Å². The second-order valence-corrected chi connectivity index (χ2v) is 7.81. The Hall–Kier alpha value is -1.91. The van der Waals surface area contributed by atoms with Crippen molar-refractivity contribution in [3.8, 4) is 6.07 Å². The monoisotopic (exact) mass is 336 g/mol. The van der Waals surface area contributed by atoms with Crippen molar-refractivity contribution in [1.29, 1.82) is 5.26 Å². The first-order valence-corrected chi connectivity index (χ1v) is 9.19. The lowest BCUT2D eigenvalue weighted by Crippen LogP contribution is -2.45. The Kier molecular flexibility index (Phi) is 5.39. The van der Waals surface area contributed by atoms with E-state index in [2.05, 4.69) is 10.8 Å². The van der Waals surface area contributed by atoms with Crippen LogP contribution in [0, 0.1) is 16.7 Å². The van der Waals surface area contributed by atoms with E-state index < -0.39 is 27.4 Å². The number of carboxylic acid groups (broad SMARTS) is 1. The molecular weight excluding hydrogens is 316 g/mol. The first kappa shape index (κ1) is 17.4. The van der Waals surface area contributed by atoms with E-state index in [0.717, 1.165) is 18.4 Å². The molecule has 1 aliphatic rings. The number of nitrogens with one attached hydrogen (secondary N) is 1. The minimum absolute atomic E-state index is 0.0644. The number of hydrogen-bond donors (Lipinski definition) is 2. The maximum atomic E-state index is 12.3. The van der Waals surface area contributed by atoms with Gasteiger partial charge in [0.25, 0.3) is 0 Å². The first-order valence-electron chi connectivity index (χ1n) is 7.54. The lowest BCUT2D eigenvalue weighted by Gasteiger charge is -2.22. The zero-order valence-corrected chi connectivity index (χ0v) is 13.6. The summed E-state index contributed by atoms with van der Waals surface area (Å²) in [6.07, 6.45) is 2.81. The zero-order chi connectivity index (χ0) is 16.9. The van der Waals surface area contributed by atoms with Gasteiger partial charge in [-0.2, -0.15) is 5.26 Å².